The van der Waals surface area contributed by atoms with Crippen LogP contribution in [-0.2, 0) is 4.79 Å². The lowest BCUT2D eigenvalue weighted by atomic mass is 10.1. The summed E-state index contributed by atoms with van der Waals surface area (Å²) in [5, 5.41) is 8.83. The fraction of sp³-hybridized carbons (Fsp3) is 0.500. The molecule has 2 heteroatoms. The SMILES string of the molecule is C/C=C(\C/C=C(\C)CCC=C(C)C)C(=O)O. The van der Waals surface area contributed by atoms with Crippen LogP contribution in [0.25, 0.3) is 0 Å². The zero-order valence-corrected chi connectivity index (χ0v) is 10.7. The lowest BCUT2D eigenvalue weighted by molar-refractivity contribution is -0.132. The molecule has 0 saturated carbocycles. The standard InChI is InChI=1S/C14H22O2/c1-5-13(14(15)16)10-9-12(4)8-6-7-11(2)3/h5,7,9H,6,8,10H2,1-4H3,(H,15,16)/b12-9+,13-5+. The van der Waals surface area contributed by atoms with Gasteiger partial charge < -0.3 is 5.11 Å². The van der Waals surface area contributed by atoms with Crippen molar-refractivity contribution in [1.82, 2.24) is 0 Å². The van der Waals surface area contributed by atoms with E-state index in [1.807, 2.05) is 13.0 Å². The van der Waals surface area contributed by atoms with Gasteiger partial charge in [-0.25, -0.2) is 4.79 Å². The molecule has 0 atom stereocenters. The van der Waals surface area contributed by atoms with Gasteiger partial charge in [0.2, 0.25) is 0 Å². The van der Waals surface area contributed by atoms with Crippen LogP contribution in [0.15, 0.2) is 34.9 Å². The van der Waals surface area contributed by atoms with Crippen molar-refractivity contribution in [3.63, 3.8) is 0 Å². The third kappa shape index (κ3) is 7.04. The quantitative estimate of drug-likeness (QED) is 0.542. The first kappa shape index (κ1) is 14.7. The Morgan fingerprint density at radius 1 is 1.19 bits per heavy atom. The average molecular weight is 222 g/mol. The Morgan fingerprint density at radius 3 is 2.25 bits per heavy atom. The minimum Gasteiger partial charge on any atom is -0.478 e. The molecule has 0 bridgehead atoms. The predicted molar refractivity (Wildman–Crippen MR) is 68.4 cm³/mol. The lowest BCUT2D eigenvalue weighted by Gasteiger charge is -2.00. The second-order valence-corrected chi connectivity index (χ2v) is 4.19. The maximum atomic E-state index is 10.7. The van der Waals surface area contributed by atoms with Crippen molar-refractivity contribution in [2.75, 3.05) is 0 Å². The van der Waals surface area contributed by atoms with Crippen molar-refractivity contribution in [3.8, 4) is 0 Å². The molecule has 0 aliphatic heterocycles. The first-order valence-electron chi connectivity index (χ1n) is 5.64. The van der Waals surface area contributed by atoms with Crippen LogP contribution in [0, 0.1) is 0 Å². The van der Waals surface area contributed by atoms with Gasteiger partial charge in [0.05, 0.1) is 0 Å². The summed E-state index contributed by atoms with van der Waals surface area (Å²) in [6, 6.07) is 0. The molecule has 90 valence electrons. The Labute approximate surface area is 98.4 Å². The van der Waals surface area contributed by atoms with E-state index in [4.69, 9.17) is 5.11 Å². The number of hydrogen-bond donors (Lipinski definition) is 1. The predicted octanol–water partition coefficient (Wildman–Crippen LogP) is 4.10. The average Bonchev–Trinajstić information content (AvgIpc) is 2.17. The largest absolute Gasteiger partial charge is 0.478 e. The minimum atomic E-state index is -0.823. The number of rotatable bonds is 6. The van der Waals surface area contributed by atoms with Crippen LogP contribution in [-0.4, -0.2) is 11.1 Å². The van der Waals surface area contributed by atoms with Crippen molar-refractivity contribution >= 4 is 5.97 Å². The Kier molecular flexibility index (Phi) is 7.27. The fourth-order valence-electron chi connectivity index (χ4n) is 1.30. The van der Waals surface area contributed by atoms with Crippen molar-refractivity contribution in [3.05, 3.63) is 34.9 Å². The fourth-order valence-corrected chi connectivity index (χ4v) is 1.30. The van der Waals surface area contributed by atoms with Crippen LogP contribution in [0.1, 0.15) is 47.0 Å². The topological polar surface area (TPSA) is 37.3 Å². The molecule has 0 aliphatic rings. The Balaban J connectivity index is 4.14. The molecule has 2 nitrogen and oxygen atoms in total. The van der Waals surface area contributed by atoms with E-state index >= 15 is 0 Å². The normalized spacial score (nSPS) is 12.5. The maximum absolute atomic E-state index is 10.7. The number of carboxylic acid groups (broad SMARTS) is 1. The van der Waals surface area contributed by atoms with Crippen molar-refractivity contribution in [1.29, 1.82) is 0 Å². The number of carboxylic acids is 1. The maximum Gasteiger partial charge on any atom is 0.331 e. The van der Waals surface area contributed by atoms with Gasteiger partial charge in [-0.2, -0.15) is 0 Å². The molecule has 0 fully saturated rings. The minimum absolute atomic E-state index is 0.460. The zero-order valence-electron chi connectivity index (χ0n) is 10.7. The summed E-state index contributed by atoms with van der Waals surface area (Å²) < 4.78 is 0. The summed E-state index contributed by atoms with van der Waals surface area (Å²) in [4.78, 5) is 10.7. The van der Waals surface area contributed by atoms with E-state index in [2.05, 4.69) is 19.9 Å². The Morgan fingerprint density at radius 2 is 1.81 bits per heavy atom. The van der Waals surface area contributed by atoms with E-state index in [1.165, 1.54) is 11.1 Å². The molecular formula is C14H22O2. The molecule has 0 aromatic carbocycles. The van der Waals surface area contributed by atoms with Gasteiger partial charge in [0.25, 0.3) is 0 Å². The molecule has 0 spiro atoms. The highest BCUT2D eigenvalue weighted by molar-refractivity contribution is 5.86. The lowest BCUT2D eigenvalue weighted by Crippen LogP contribution is -1.98. The third-order valence-electron chi connectivity index (χ3n) is 2.38. The first-order valence-corrected chi connectivity index (χ1v) is 5.64. The van der Waals surface area contributed by atoms with Gasteiger partial charge in [-0.05, 0) is 47.0 Å². The summed E-state index contributed by atoms with van der Waals surface area (Å²) in [7, 11) is 0. The summed E-state index contributed by atoms with van der Waals surface area (Å²) in [6.07, 6.45) is 8.41. The Bertz CT molecular complexity index is 316. The summed E-state index contributed by atoms with van der Waals surface area (Å²) in [6.45, 7) is 7.98. The van der Waals surface area contributed by atoms with Gasteiger partial charge in [-0.3, -0.25) is 0 Å². The molecule has 0 aliphatic carbocycles. The molecule has 0 unspecified atom stereocenters. The number of aliphatic carboxylic acids is 1. The first-order chi connectivity index (χ1) is 7.47. The second kappa shape index (κ2) is 7.91. The van der Waals surface area contributed by atoms with Crippen LogP contribution >= 0.6 is 0 Å². The highest BCUT2D eigenvalue weighted by Gasteiger charge is 2.02. The van der Waals surface area contributed by atoms with Crippen molar-refractivity contribution in [2.24, 2.45) is 0 Å². The van der Waals surface area contributed by atoms with E-state index < -0.39 is 5.97 Å². The smallest absolute Gasteiger partial charge is 0.331 e. The van der Waals surface area contributed by atoms with Gasteiger partial charge >= 0.3 is 5.97 Å². The van der Waals surface area contributed by atoms with Crippen LogP contribution in [0.5, 0.6) is 0 Å². The highest BCUT2D eigenvalue weighted by Crippen LogP contribution is 2.11. The summed E-state index contributed by atoms with van der Waals surface area (Å²) in [5.41, 5.74) is 3.03. The van der Waals surface area contributed by atoms with E-state index in [0.717, 1.165) is 12.8 Å². The number of hydrogen-bond acceptors (Lipinski definition) is 1. The molecular weight excluding hydrogens is 200 g/mol. The molecule has 0 heterocycles. The molecule has 0 saturated heterocycles. The van der Waals surface area contributed by atoms with Crippen LogP contribution < -0.4 is 0 Å². The summed E-state index contributed by atoms with van der Waals surface area (Å²) >= 11 is 0. The summed E-state index contributed by atoms with van der Waals surface area (Å²) in [5.74, 6) is -0.823. The van der Waals surface area contributed by atoms with Crippen molar-refractivity contribution in [2.45, 2.75) is 47.0 Å². The molecule has 0 radical (unpaired) electrons. The van der Waals surface area contributed by atoms with E-state index in [9.17, 15) is 4.79 Å². The van der Waals surface area contributed by atoms with E-state index in [1.54, 1.807) is 13.0 Å². The molecule has 1 N–H and O–H groups in total. The monoisotopic (exact) mass is 222 g/mol. The molecule has 0 aromatic heterocycles. The van der Waals surface area contributed by atoms with Gasteiger partial charge in [0.15, 0.2) is 0 Å². The van der Waals surface area contributed by atoms with E-state index in [-0.39, 0.29) is 0 Å². The molecule has 0 aromatic rings. The van der Waals surface area contributed by atoms with Gasteiger partial charge in [-0.15, -0.1) is 0 Å². The van der Waals surface area contributed by atoms with Crippen LogP contribution in [0.4, 0.5) is 0 Å². The van der Waals surface area contributed by atoms with Crippen LogP contribution in [0.3, 0.4) is 0 Å². The van der Waals surface area contributed by atoms with Gasteiger partial charge in [0, 0.05) is 5.57 Å². The Hall–Kier alpha value is -1.31. The van der Waals surface area contributed by atoms with Crippen LogP contribution in [0.2, 0.25) is 0 Å². The van der Waals surface area contributed by atoms with Gasteiger partial charge in [-0.1, -0.05) is 29.4 Å². The zero-order chi connectivity index (χ0) is 12.6. The van der Waals surface area contributed by atoms with Gasteiger partial charge in [0.1, 0.15) is 0 Å². The van der Waals surface area contributed by atoms with E-state index in [0.29, 0.717) is 12.0 Å². The number of carbonyl (C=O) groups is 1. The molecule has 0 amide bonds. The van der Waals surface area contributed by atoms with Crippen molar-refractivity contribution < 1.29 is 9.90 Å². The second-order valence-electron chi connectivity index (χ2n) is 4.19. The highest BCUT2D eigenvalue weighted by atomic mass is 16.4. The number of allylic oxidation sites excluding steroid dienone is 5. The molecule has 16 heavy (non-hydrogen) atoms. The third-order valence-corrected chi connectivity index (χ3v) is 2.38. The molecule has 0 rings (SSSR count).